The number of aliphatic hydroxyl groups excluding tert-OH is 1. The van der Waals surface area contributed by atoms with Crippen LogP contribution in [0.1, 0.15) is 6.42 Å². The summed E-state index contributed by atoms with van der Waals surface area (Å²) in [6.45, 7) is 0.147. The number of imidazole rings is 1. The Labute approximate surface area is 95.6 Å². The molecule has 0 spiro atoms. The highest BCUT2D eigenvalue weighted by Gasteiger charge is 2.28. The van der Waals surface area contributed by atoms with Gasteiger partial charge in [-0.1, -0.05) is 0 Å². The maximum absolute atomic E-state index is 11.5. The lowest BCUT2D eigenvalue weighted by molar-refractivity contribution is 0.281. The summed E-state index contributed by atoms with van der Waals surface area (Å²) in [6, 6.07) is 0. The zero-order chi connectivity index (χ0) is 12.0. The normalized spacial score (nSPS) is 21.2. The maximum atomic E-state index is 11.5. The van der Waals surface area contributed by atoms with E-state index in [0.29, 0.717) is 5.65 Å². The molecule has 0 aliphatic heterocycles. The van der Waals surface area contributed by atoms with E-state index in [9.17, 15) is 4.79 Å². The van der Waals surface area contributed by atoms with Crippen LogP contribution in [0.5, 0.6) is 0 Å². The van der Waals surface area contributed by atoms with Gasteiger partial charge in [-0.3, -0.25) is 14.3 Å². The largest absolute Gasteiger partial charge is 0.396 e. The van der Waals surface area contributed by atoms with E-state index in [4.69, 9.17) is 10.8 Å². The molecule has 7 nitrogen and oxygen atoms in total. The smallest absolute Gasteiger partial charge is 0.280 e. The lowest BCUT2D eigenvalue weighted by Gasteiger charge is -1.96. The summed E-state index contributed by atoms with van der Waals surface area (Å²) in [4.78, 5) is 21.9. The Morgan fingerprint density at radius 2 is 2.53 bits per heavy atom. The summed E-state index contributed by atoms with van der Waals surface area (Å²) in [5, 5.41) is 8.95. The third kappa shape index (κ3) is 1.60. The lowest BCUT2D eigenvalue weighted by Crippen LogP contribution is -2.11. The van der Waals surface area contributed by atoms with E-state index in [2.05, 4.69) is 15.0 Å². The van der Waals surface area contributed by atoms with Crippen LogP contribution in [0.2, 0.25) is 0 Å². The number of nitrogen functional groups attached to an aromatic ring is 1. The first-order chi connectivity index (χ1) is 8.19. The van der Waals surface area contributed by atoms with Crippen LogP contribution in [0.15, 0.2) is 16.7 Å². The van der Waals surface area contributed by atoms with Gasteiger partial charge in [-0.25, -0.2) is 4.98 Å². The molecular formula is C10H11N5O2. The van der Waals surface area contributed by atoms with Crippen molar-refractivity contribution in [3.63, 3.8) is 0 Å². The van der Waals surface area contributed by atoms with E-state index in [0.717, 1.165) is 12.0 Å². The van der Waals surface area contributed by atoms with Crippen molar-refractivity contribution < 1.29 is 5.11 Å². The molecule has 1 aliphatic carbocycles. The Bertz CT molecular complexity index is 669. The summed E-state index contributed by atoms with van der Waals surface area (Å²) >= 11 is 0. The highest BCUT2D eigenvalue weighted by molar-refractivity contribution is 5.73. The van der Waals surface area contributed by atoms with E-state index in [1.54, 1.807) is 4.57 Å². The van der Waals surface area contributed by atoms with Crippen molar-refractivity contribution in [1.82, 2.24) is 19.5 Å². The van der Waals surface area contributed by atoms with E-state index >= 15 is 0 Å². The Morgan fingerprint density at radius 3 is 3.24 bits per heavy atom. The first-order valence-electron chi connectivity index (χ1n) is 5.23. The molecule has 0 radical (unpaired) electrons. The van der Waals surface area contributed by atoms with Crippen LogP contribution in [-0.2, 0) is 0 Å². The third-order valence-electron chi connectivity index (χ3n) is 2.82. The number of aromatic nitrogens is 4. The van der Waals surface area contributed by atoms with Gasteiger partial charge in [-0.05, 0) is 12.0 Å². The number of anilines is 1. The van der Waals surface area contributed by atoms with Crippen LogP contribution in [0.4, 0.5) is 5.95 Å². The molecule has 1 atom stereocenters. The minimum absolute atomic E-state index is 0.0668. The van der Waals surface area contributed by atoms with Crippen molar-refractivity contribution in [1.29, 1.82) is 0 Å². The molecule has 0 bridgehead atoms. The summed E-state index contributed by atoms with van der Waals surface area (Å²) in [6.07, 6.45) is 4.23. The Kier molecular flexibility index (Phi) is 2.02. The van der Waals surface area contributed by atoms with Crippen molar-refractivity contribution in [3.8, 4) is 0 Å². The molecule has 2 aromatic heterocycles. The van der Waals surface area contributed by atoms with Gasteiger partial charge < -0.3 is 10.8 Å². The number of nitrogens with one attached hydrogen (secondary N) is 1. The number of fused-ring (bicyclic) bond motifs is 1. The SMILES string of the molecule is Nc1nc2c(ncn2/C=C2/C[C@H]2CO)c(=O)[nH]1. The quantitative estimate of drug-likeness (QED) is 0.651. The van der Waals surface area contributed by atoms with Crippen LogP contribution in [0.25, 0.3) is 17.4 Å². The second kappa shape index (κ2) is 3.42. The zero-order valence-corrected chi connectivity index (χ0v) is 8.92. The molecule has 0 amide bonds. The molecule has 0 aromatic carbocycles. The van der Waals surface area contributed by atoms with Crippen LogP contribution >= 0.6 is 0 Å². The van der Waals surface area contributed by atoms with Gasteiger partial charge in [0.2, 0.25) is 5.95 Å². The van der Waals surface area contributed by atoms with Crippen LogP contribution < -0.4 is 11.3 Å². The third-order valence-corrected chi connectivity index (χ3v) is 2.82. The van der Waals surface area contributed by atoms with Crippen molar-refractivity contribution in [2.45, 2.75) is 6.42 Å². The van der Waals surface area contributed by atoms with Gasteiger partial charge in [-0.15, -0.1) is 0 Å². The minimum atomic E-state index is -0.348. The van der Waals surface area contributed by atoms with Crippen molar-refractivity contribution >= 4 is 23.3 Å². The fourth-order valence-corrected chi connectivity index (χ4v) is 1.78. The molecule has 2 aromatic rings. The lowest BCUT2D eigenvalue weighted by atomic mass is 10.4. The number of hydrogen-bond acceptors (Lipinski definition) is 5. The summed E-state index contributed by atoms with van der Waals surface area (Å²) in [7, 11) is 0. The molecule has 2 heterocycles. The van der Waals surface area contributed by atoms with E-state index < -0.39 is 0 Å². The summed E-state index contributed by atoms with van der Waals surface area (Å²) in [5.74, 6) is 0.295. The monoisotopic (exact) mass is 233 g/mol. The van der Waals surface area contributed by atoms with E-state index in [1.165, 1.54) is 6.33 Å². The van der Waals surface area contributed by atoms with Crippen LogP contribution in [0, 0.1) is 5.92 Å². The molecule has 7 heteroatoms. The molecule has 1 aliphatic rings. The second-order valence-corrected chi connectivity index (χ2v) is 4.06. The van der Waals surface area contributed by atoms with Crippen molar-refractivity contribution in [3.05, 3.63) is 22.3 Å². The number of H-pyrrole nitrogens is 1. The van der Waals surface area contributed by atoms with Crippen molar-refractivity contribution in [2.75, 3.05) is 12.3 Å². The minimum Gasteiger partial charge on any atom is -0.396 e. The Morgan fingerprint density at radius 1 is 1.71 bits per heavy atom. The zero-order valence-electron chi connectivity index (χ0n) is 8.92. The standard InChI is InChI=1S/C10H11N5O2/c11-10-13-8-7(9(17)14-10)12-4-15(8)2-5-1-6(5)3-16/h2,4,6,16H,1,3H2,(H3,11,13,14,17)/b5-2-/t6-/m0/s1. The Hall–Kier alpha value is -2.15. The van der Waals surface area contributed by atoms with E-state index in [1.807, 2.05) is 6.20 Å². The molecule has 88 valence electrons. The number of nitrogens with zero attached hydrogens (tertiary/aromatic N) is 3. The first-order valence-corrected chi connectivity index (χ1v) is 5.23. The van der Waals surface area contributed by atoms with Gasteiger partial charge >= 0.3 is 0 Å². The van der Waals surface area contributed by atoms with Crippen molar-refractivity contribution in [2.24, 2.45) is 5.92 Å². The molecule has 0 saturated heterocycles. The number of nitrogens with two attached hydrogens (primary N) is 1. The van der Waals surface area contributed by atoms with Gasteiger partial charge in [0.05, 0.1) is 0 Å². The fourth-order valence-electron chi connectivity index (χ4n) is 1.78. The number of aliphatic hydroxyl groups is 1. The van der Waals surface area contributed by atoms with E-state index in [-0.39, 0.29) is 29.5 Å². The molecule has 1 fully saturated rings. The predicted molar refractivity (Wildman–Crippen MR) is 62.0 cm³/mol. The summed E-state index contributed by atoms with van der Waals surface area (Å²) < 4.78 is 1.66. The average molecular weight is 233 g/mol. The van der Waals surface area contributed by atoms with Crippen LogP contribution in [0.3, 0.4) is 0 Å². The van der Waals surface area contributed by atoms with Crippen LogP contribution in [-0.4, -0.2) is 31.2 Å². The molecular weight excluding hydrogens is 222 g/mol. The number of hydrogen-bond donors (Lipinski definition) is 3. The molecule has 17 heavy (non-hydrogen) atoms. The highest BCUT2D eigenvalue weighted by atomic mass is 16.3. The maximum Gasteiger partial charge on any atom is 0.280 e. The second-order valence-electron chi connectivity index (χ2n) is 4.06. The van der Waals surface area contributed by atoms with Gasteiger partial charge in [-0.2, -0.15) is 4.98 Å². The van der Waals surface area contributed by atoms with Gasteiger partial charge in [0.1, 0.15) is 6.33 Å². The summed E-state index contributed by atoms with van der Waals surface area (Å²) in [5.41, 5.74) is 6.95. The molecule has 1 saturated carbocycles. The number of aromatic amines is 1. The van der Waals surface area contributed by atoms with Gasteiger partial charge in [0, 0.05) is 18.7 Å². The Balaban J connectivity index is 2.13. The topological polar surface area (TPSA) is 110 Å². The fraction of sp³-hybridized carbons (Fsp3) is 0.300. The molecule has 4 N–H and O–H groups in total. The highest BCUT2D eigenvalue weighted by Crippen LogP contribution is 2.37. The van der Waals surface area contributed by atoms with Gasteiger partial charge in [0.25, 0.3) is 5.56 Å². The average Bonchev–Trinajstić information content (AvgIpc) is 2.92. The first kappa shape index (κ1) is 10.0. The van der Waals surface area contributed by atoms with Gasteiger partial charge in [0.15, 0.2) is 11.2 Å². The predicted octanol–water partition coefficient (Wildman–Crippen LogP) is -0.445. The molecule has 0 unspecified atom stereocenters. The number of rotatable bonds is 2. The molecule has 3 rings (SSSR count).